The fraction of sp³-hybridized carbons (Fsp3) is 0.389. The lowest BCUT2D eigenvalue weighted by atomic mass is 9.71. The van der Waals surface area contributed by atoms with E-state index in [2.05, 4.69) is 10.3 Å². The summed E-state index contributed by atoms with van der Waals surface area (Å²) in [7, 11) is 0. The minimum absolute atomic E-state index is 0.00448. The molecule has 4 heterocycles. The number of aryl methyl sites for hydroxylation is 1. The van der Waals surface area contributed by atoms with Gasteiger partial charge in [0.05, 0.1) is 35.3 Å². The van der Waals surface area contributed by atoms with Gasteiger partial charge >= 0.3 is 0 Å². The summed E-state index contributed by atoms with van der Waals surface area (Å²) in [6, 6.07) is 22.8. The van der Waals surface area contributed by atoms with Crippen LogP contribution in [0.3, 0.4) is 0 Å². The van der Waals surface area contributed by atoms with E-state index in [0.29, 0.717) is 43.1 Å². The molecule has 0 radical (unpaired) electrons. The van der Waals surface area contributed by atoms with Crippen molar-refractivity contribution in [2.75, 3.05) is 23.0 Å². The molecule has 3 aliphatic heterocycles. The maximum atomic E-state index is 14.7. The molecule has 1 saturated heterocycles. The van der Waals surface area contributed by atoms with Crippen LogP contribution < -0.4 is 14.5 Å². The van der Waals surface area contributed by atoms with Crippen molar-refractivity contribution >= 4 is 28.9 Å². The Balaban J connectivity index is 1.16. The number of fused-ring (bicyclic) bond motifs is 3. The summed E-state index contributed by atoms with van der Waals surface area (Å²) in [4.78, 5) is 31.0. The topological polar surface area (TPSA) is 130 Å². The molecule has 244 valence electrons. The third-order valence-corrected chi connectivity index (χ3v) is 9.73. The van der Waals surface area contributed by atoms with E-state index >= 15 is 0 Å². The molecule has 47 heavy (non-hydrogen) atoms. The van der Waals surface area contributed by atoms with Crippen LogP contribution in [0.1, 0.15) is 44.0 Å². The first kappa shape index (κ1) is 31.0. The normalized spacial score (nSPS) is 23.7. The van der Waals surface area contributed by atoms with Gasteiger partial charge in [-0.15, -0.1) is 5.10 Å². The van der Waals surface area contributed by atoms with Gasteiger partial charge in [-0.25, -0.2) is 0 Å². The zero-order valence-electron chi connectivity index (χ0n) is 26.7. The summed E-state index contributed by atoms with van der Waals surface area (Å²) in [5, 5.41) is 29.0. The van der Waals surface area contributed by atoms with E-state index in [-0.39, 0.29) is 36.9 Å². The Morgan fingerprint density at radius 2 is 1.72 bits per heavy atom. The van der Waals surface area contributed by atoms with Gasteiger partial charge in [-0.2, -0.15) is 0 Å². The first-order chi connectivity index (χ1) is 22.6. The Morgan fingerprint density at radius 3 is 2.47 bits per heavy atom. The van der Waals surface area contributed by atoms with Gasteiger partial charge in [0.2, 0.25) is 0 Å². The number of hydrogen-bond donors (Lipinski definition) is 2. The average Bonchev–Trinajstić information content (AvgIpc) is 3.70. The van der Waals surface area contributed by atoms with E-state index in [0.717, 1.165) is 22.5 Å². The van der Waals surface area contributed by atoms with Crippen LogP contribution in [-0.4, -0.2) is 61.9 Å². The number of carbonyl (C=O) groups is 2. The Hall–Kier alpha value is -4.58. The molecule has 4 atom stereocenters. The number of hydrogen-bond acceptors (Lipinski definition) is 8. The van der Waals surface area contributed by atoms with Gasteiger partial charge in [0.1, 0.15) is 5.75 Å². The molecule has 2 amide bonds. The molecular formula is C36H39N5O6. The fourth-order valence-corrected chi connectivity index (χ4v) is 7.71. The number of aliphatic hydroxyl groups is 2. The van der Waals surface area contributed by atoms with Crippen molar-refractivity contribution in [1.82, 2.24) is 15.0 Å². The van der Waals surface area contributed by atoms with E-state index in [1.807, 2.05) is 79.7 Å². The quantitative estimate of drug-likeness (QED) is 0.280. The lowest BCUT2D eigenvalue weighted by Crippen LogP contribution is -2.46. The van der Waals surface area contributed by atoms with Crippen LogP contribution in [-0.2, 0) is 39.4 Å². The Kier molecular flexibility index (Phi) is 7.86. The number of aliphatic hydroxyl groups excluding tert-OH is 1. The van der Waals surface area contributed by atoms with Crippen LogP contribution in [0.2, 0.25) is 0 Å². The van der Waals surface area contributed by atoms with E-state index in [1.54, 1.807) is 34.5 Å². The third-order valence-electron chi connectivity index (χ3n) is 9.73. The molecule has 1 spiro atoms. The molecule has 11 nitrogen and oxygen atoms in total. The molecule has 0 bridgehead atoms. The van der Waals surface area contributed by atoms with Gasteiger partial charge in [0.25, 0.3) is 11.8 Å². The Bertz CT molecular complexity index is 1800. The lowest BCUT2D eigenvalue weighted by Gasteiger charge is -2.34. The van der Waals surface area contributed by atoms with E-state index < -0.39 is 17.3 Å². The van der Waals surface area contributed by atoms with Crippen molar-refractivity contribution < 1.29 is 29.3 Å². The molecule has 7 rings (SSSR count). The van der Waals surface area contributed by atoms with Gasteiger partial charge in [-0.3, -0.25) is 19.2 Å². The van der Waals surface area contributed by atoms with Crippen LogP contribution in [0.4, 0.5) is 17.1 Å². The number of ether oxygens (including phenoxy) is 2. The zero-order valence-corrected chi connectivity index (χ0v) is 26.7. The zero-order chi connectivity index (χ0) is 32.9. The van der Waals surface area contributed by atoms with Gasteiger partial charge in [0, 0.05) is 48.9 Å². The smallest absolute Gasteiger partial charge is 0.269 e. The second-order valence-electron chi connectivity index (χ2n) is 13.2. The number of anilines is 3. The fourth-order valence-electron chi connectivity index (χ4n) is 7.71. The second-order valence-corrected chi connectivity index (χ2v) is 13.2. The summed E-state index contributed by atoms with van der Waals surface area (Å²) in [5.41, 5.74) is 2.21. The maximum absolute atomic E-state index is 14.7. The highest BCUT2D eigenvalue weighted by Gasteiger charge is 2.65. The molecule has 4 aromatic rings. The van der Waals surface area contributed by atoms with Gasteiger partial charge < -0.3 is 24.6 Å². The number of para-hydroxylation sites is 3. The number of rotatable bonds is 9. The molecule has 0 unspecified atom stereocenters. The monoisotopic (exact) mass is 637 g/mol. The van der Waals surface area contributed by atoms with Crippen molar-refractivity contribution in [2.45, 2.75) is 64.0 Å². The summed E-state index contributed by atoms with van der Waals surface area (Å²) in [6.07, 6.45) is 2.32. The van der Waals surface area contributed by atoms with Crippen LogP contribution in [0, 0.1) is 11.8 Å². The first-order valence-corrected chi connectivity index (χ1v) is 16.1. The highest BCUT2D eigenvalue weighted by atomic mass is 16.5. The summed E-state index contributed by atoms with van der Waals surface area (Å²) < 4.78 is 14.2. The van der Waals surface area contributed by atoms with Crippen molar-refractivity contribution in [3.05, 3.63) is 95.8 Å². The minimum Gasteiger partial charge on any atom is -0.482 e. The molecule has 3 aliphatic rings. The van der Waals surface area contributed by atoms with Gasteiger partial charge in [-0.1, -0.05) is 54.6 Å². The van der Waals surface area contributed by atoms with E-state index in [9.17, 15) is 19.8 Å². The van der Waals surface area contributed by atoms with E-state index in [1.165, 1.54) is 0 Å². The predicted molar refractivity (Wildman–Crippen MR) is 174 cm³/mol. The van der Waals surface area contributed by atoms with Crippen LogP contribution >= 0.6 is 0 Å². The number of amides is 2. The summed E-state index contributed by atoms with van der Waals surface area (Å²) >= 11 is 0. The minimum atomic E-state index is -1.26. The molecule has 0 aliphatic carbocycles. The first-order valence-electron chi connectivity index (χ1n) is 16.1. The summed E-state index contributed by atoms with van der Waals surface area (Å²) in [5.74, 6) is -0.327. The Morgan fingerprint density at radius 1 is 1.00 bits per heavy atom. The highest BCUT2D eigenvalue weighted by molar-refractivity contribution is 6.07. The molecular weight excluding hydrogens is 598 g/mol. The maximum Gasteiger partial charge on any atom is 0.269 e. The second kappa shape index (κ2) is 11.9. The van der Waals surface area contributed by atoms with Crippen molar-refractivity contribution in [3.8, 4) is 5.75 Å². The molecule has 3 aromatic carbocycles. The largest absolute Gasteiger partial charge is 0.482 e. The van der Waals surface area contributed by atoms with Crippen molar-refractivity contribution in [3.63, 3.8) is 0 Å². The van der Waals surface area contributed by atoms with Gasteiger partial charge in [-0.05, 0) is 56.2 Å². The molecule has 1 fully saturated rings. The molecule has 11 heteroatoms. The number of nitrogens with zero attached hydrogens (tertiary/aromatic N) is 5. The SMILES string of the molecule is C[C@@H]1[C@@H](C(C)(C)O)[C@H](CCn2cc(CCO)nn2)O[C@@]12C(=O)N(Cc1ccc(N3C(=O)COc4ccccc43)cc1)c1ccccc12. The standard InChI is InChI=1S/C36H39N5O6/c1-23-33(35(2,3)45)31(16-18-39-21-25(17-19-42)37-38-39)47-36(23)27-8-4-5-9-28(27)40(34(36)44)20-24-12-14-26(15-13-24)41-29-10-6-7-11-30(29)46-22-32(41)43/h4-15,21,23,31,33,42,45H,16-20,22H2,1-3H3/t23-,31+,33-,36+/m1/s1. The van der Waals surface area contributed by atoms with Crippen LogP contribution in [0.25, 0.3) is 0 Å². The van der Waals surface area contributed by atoms with Crippen molar-refractivity contribution in [2.24, 2.45) is 11.8 Å². The Labute approximate surface area is 273 Å². The molecule has 2 N–H and O–H groups in total. The van der Waals surface area contributed by atoms with E-state index in [4.69, 9.17) is 9.47 Å². The van der Waals surface area contributed by atoms with Gasteiger partial charge in [0.15, 0.2) is 12.2 Å². The number of carbonyl (C=O) groups excluding carboxylic acids is 2. The summed E-state index contributed by atoms with van der Waals surface area (Å²) in [6.45, 7) is 6.32. The average molecular weight is 638 g/mol. The number of benzene rings is 3. The van der Waals surface area contributed by atoms with Crippen LogP contribution in [0.5, 0.6) is 5.75 Å². The third kappa shape index (κ3) is 5.28. The van der Waals surface area contributed by atoms with Crippen molar-refractivity contribution in [1.29, 1.82) is 0 Å². The number of aromatic nitrogens is 3. The lowest BCUT2D eigenvalue weighted by molar-refractivity contribution is -0.146. The van der Waals surface area contributed by atoms with Crippen LogP contribution in [0.15, 0.2) is 79.0 Å². The molecule has 0 saturated carbocycles. The molecule has 1 aromatic heterocycles. The highest BCUT2D eigenvalue weighted by Crippen LogP contribution is 2.58. The predicted octanol–water partition coefficient (Wildman–Crippen LogP) is 4.12.